The number of nitrogens with zero attached hydrogens (tertiary/aromatic N) is 5. The van der Waals surface area contributed by atoms with Crippen LogP contribution in [0.4, 0.5) is 11.6 Å². The van der Waals surface area contributed by atoms with E-state index in [2.05, 4.69) is 4.90 Å². The summed E-state index contributed by atoms with van der Waals surface area (Å²) in [7, 11) is 1.65. The summed E-state index contributed by atoms with van der Waals surface area (Å²) in [5.74, 6) is 2.17. The standard InChI is InChI=1S/C25H27N5O4/c1-3-33-17-16-30-23(31)21-22(27(2)25(30)32)26-24-28(14-7-15-29(21)24)18-10-12-20(13-11-18)34-19-8-5-4-6-9-19/h4-6,8-13H,3,7,14-17H2,1-2H3. The second-order valence-corrected chi connectivity index (χ2v) is 8.15. The molecule has 0 radical (unpaired) electrons. The molecule has 0 saturated heterocycles. The maximum Gasteiger partial charge on any atom is 0.332 e. The molecule has 2 aromatic heterocycles. The molecular formula is C25H27N5O4. The van der Waals surface area contributed by atoms with Crippen LogP contribution in [0.15, 0.2) is 64.2 Å². The molecule has 1 aliphatic heterocycles. The Balaban J connectivity index is 1.51. The van der Waals surface area contributed by atoms with Crippen LogP contribution in [0.1, 0.15) is 13.3 Å². The van der Waals surface area contributed by atoms with Crippen LogP contribution in [0.3, 0.4) is 0 Å². The molecule has 0 amide bonds. The van der Waals surface area contributed by atoms with E-state index in [4.69, 9.17) is 14.5 Å². The van der Waals surface area contributed by atoms with Crippen LogP contribution in [-0.4, -0.2) is 38.4 Å². The van der Waals surface area contributed by atoms with Gasteiger partial charge in [-0.1, -0.05) is 18.2 Å². The predicted molar refractivity (Wildman–Crippen MR) is 130 cm³/mol. The van der Waals surface area contributed by atoms with E-state index >= 15 is 0 Å². The maximum atomic E-state index is 13.3. The summed E-state index contributed by atoms with van der Waals surface area (Å²) in [6.45, 7) is 4.35. The Morgan fingerprint density at radius 1 is 0.971 bits per heavy atom. The van der Waals surface area contributed by atoms with E-state index < -0.39 is 0 Å². The summed E-state index contributed by atoms with van der Waals surface area (Å²) < 4.78 is 15.9. The lowest BCUT2D eigenvalue weighted by Gasteiger charge is -2.29. The van der Waals surface area contributed by atoms with Gasteiger partial charge in [-0.05, 0) is 49.7 Å². The van der Waals surface area contributed by atoms with Gasteiger partial charge >= 0.3 is 5.69 Å². The Labute approximate surface area is 196 Å². The van der Waals surface area contributed by atoms with Crippen LogP contribution in [-0.2, 0) is 24.9 Å². The van der Waals surface area contributed by atoms with Gasteiger partial charge in [-0.15, -0.1) is 0 Å². The normalized spacial score (nSPS) is 13.3. The van der Waals surface area contributed by atoms with Crippen molar-refractivity contribution < 1.29 is 9.47 Å². The highest BCUT2D eigenvalue weighted by Gasteiger charge is 2.27. The summed E-state index contributed by atoms with van der Waals surface area (Å²) in [4.78, 5) is 32.9. The van der Waals surface area contributed by atoms with Crippen molar-refractivity contribution in [3.63, 3.8) is 0 Å². The molecule has 34 heavy (non-hydrogen) atoms. The van der Waals surface area contributed by atoms with Crippen molar-refractivity contribution in [1.82, 2.24) is 18.7 Å². The van der Waals surface area contributed by atoms with E-state index in [-0.39, 0.29) is 17.8 Å². The molecule has 4 aromatic rings. The Kier molecular flexibility index (Phi) is 5.93. The Morgan fingerprint density at radius 3 is 2.44 bits per heavy atom. The van der Waals surface area contributed by atoms with Crippen molar-refractivity contribution in [1.29, 1.82) is 0 Å². The minimum absolute atomic E-state index is 0.211. The lowest BCUT2D eigenvalue weighted by atomic mass is 10.2. The molecule has 0 saturated carbocycles. The average Bonchev–Trinajstić information content (AvgIpc) is 3.26. The Morgan fingerprint density at radius 2 is 1.71 bits per heavy atom. The van der Waals surface area contributed by atoms with E-state index in [0.717, 1.165) is 30.2 Å². The van der Waals surface area contributed by atoms with Crippen LogP contribution in [0, 0.1) is 0 Å². The van der Waals surface area contributed by atoms with Gasteiger partial charge in [0.25, 0.3) is 5.56 Å². The van der Waals surface area contributed by atoms with Crippen molar-refractivity contribution >= 4 is 22.8 Å². The molecule has 9 heteroatoms. The van der Waals surface area contributed by atoms with E-state index in [1.165, 1.54) is 9.13 Å². The molecule has 0 fully saturated rings. The summed E-state index contributed by atoms with van der Waals surface area (Å²) in [5, 5.41) is 0. The topological polar surface area (TPSA) is 83.5 Å². The van der Waals surface area contributed by atoms with Crippen molar-refractivity contribution in [2.45, 2.75) is 26.4 Å². The second-order valence-electron chi connectivity index (χ2n) is 8.15. The van der Waals surface area contributed by atoms with Crippen LogP contribution in [0.5, 0.6) is 11.5 Å². The highest BCUT2D eigenvalue weighted by Crippen LogP contribution is 2.32. The largest absolute Gasteiger partial charge is 0.457 e. The second kappa shape index (κ2) is 9.18. The SMILES string of the molecule is CCOCCn1c(=O)c2c(nc3n2CCCN3c2ccc(Oc3ccccc3)cc2)n(C)c1=O. The minimum atomic E-state index is -0.387. The lowest BCUT2D eigenvalue weighted by molar-refractivity contribution is 0.137. The smallest absolute Gasteiger partial charge is 0.332 e. The third kappa shape index (κ3) is 3.88. The van der Waals surface area contributed by atoms with Gasteiger partial charge < -0.3 is 18.9 Å². The first-order chi connectivity index (χ1) is 16.6. The molecule has 0 atom stereocenters. The van der Waals surface area contributed by atoms with Crippen molar-refractivity contribution in [2.75, 3.05) is 24.7 Å². The number of ether oxygens (including phenoxy) is 2. The van der Waals surface area contributed by atoms with Gasteiger partial charge in [-0.2, -0.15) is 4.98 Å². The third-order valence-corrected chi connectivity index (χ3v) is 6.01. The van der Waals surface area contributed by atoms with Crippen LogP contribution in [0.25, 0.3) is 11.2 Å². The summed E-state index contributed by atoms with van der Waals surface area (Å²) in [6.07, 6.45) is 0.849. The van der Waals surface area contributed by atoms with Crippen LogP contribution >= 0.6 is 0 Å². The molecule has 9 nitrogen and oxygen atoms in total. The number of imidazole rings is 1. The molecule has 0 bridgehead atoms. The molecule has 0 spiro atoms. The molecule has 5 rings (SSSR count). The van der Waals surface area contributed by atoms with E-state index in [1.807, 2.05) is 66.1 Å². The van der Waals surface area contributed by atoms with Gasteiger partial charge in [0.2, 0.25) is 5.95 Å². The zero-order valence-corrected chi connectivity index (χ0v) is 19.3. The number of hydrogen-bond acceptors (Lipinski definition) is 6. The molecule has 176 valence electrons. The number of anilines is 2. The molecule has 0 unspecified atom stereocenters. The lowest BCUT2D eigenvalue weighted by Crippen LogP contribution is -2.40. The van der Waals surface area contributed by atoms with Gasteiger partial charge in [0.15, 0.2) is 11.2 Å². The highest BCUT2D eigenvalue weighted by molar-refractivity contribution is 5.77. The number of benzene rings is 2. The zero-order chi connectivity index (χ0) is 23.7. The molecule has 1 aliphatic rings. The maximum absolute atomic E-state index is 13.3. The first-order valence-electron chi connectivity index (χ1n) is 11.5. The monoisotopic (exact) mass is 461 g/mol. The van der Waals surface area contributed by atoms with Gasteiger partial charge in [-0.3, -0.25) is 13.9 Å². The number of hydrogen-bond donors (Lipinski definition) is 0. The quantitative estimate of drug-likeness (QED) is 0.393. The van der Waals surface area contributed by atoms with Crippen LogP contribution < -0.4 is 20.9 Å². The van der Waals surface area contributed by atoms with Crippen molar-refractivity contribution in [3.8, 4) is 11.5 Å². The third-order valence-electron chi connectivity index (χ3n) is 6.01. The number of aryl methyl sites for hydroxylation is 2. The molecule has 0 aliphatic carbocycles. The fraction of sp³-hybridized carbons (Fsp3) is 0.320. The minimum Gasteiger partial charge on any atom is -0.457 e. The highest BCUT2D eigenvalue weighted by atomic mass is 16.5. The Bertz CT molecular complexity index is 1420. The average molecular weight is 462 g/mol. The van der Waals surface area contributed by atoms with E-state index in [0.29, 0.717) is 36.9 Å². The fourth-order valence-electron chi connectivity index (χ4n) is 4.33. The van der Waals surface area contributed by atoms with E-state index in [9.17, 15) is 9.59 Å². The van der Waals surface area contributed by atoms with Crippen molar-refractivity contribution in [2.24, 2.45) is 7.05 Å². The van der Waals surface area contributed by atoms with Gasteiger partial charge in [0.05, 0.1) is 13.2 Å². The first-order valence-corrected chi connectivity index (χ1v) is 11.5. The predicted octanol–water partition coefficient (Wildman–Crippen LogP) is 3.27. The van der Waals surface area contributed by atoms with Gasteiger partial charge in [0.1, 0.15) is 11.5 Å². The number of fused-ring (bicyclic) bond motifs is 3. The molecule has 3 heterocycles. The van der Waals surface area contributed by atoms with Crippen LogP contribution in [0.2, 0.25) is 0 Å². The summed E-state index contributed by atoms with van der Waals surface area (Å²) >= 11 is 0. The zero-order valence-electron chi connectivity index (χ0n) is 19.3. The fourth-order valence-corrected chi connectivity index (χ4v) is 4.33. The molecule has 0 N–H and O–H groups in total. The van der Waals surface area contributed by atoms with Gasteiger partial charge in [-0.25, -0.2) is 4.79 Å². The number of aromatic nitrogens is 4. The Hall–Kier alpha value is -3.85. The summed E-state index contributed by atoms with van der Waals surface area (Å²) in [6, 6.07) is 17.4. The van der Waals surface area contributed by atoms with Gasteiger partial charge in [0, 0.05) is 32.4 Å². The summed E-state index contributed by atoms with van der Waals surface area (Å²) in [5.41, 5.74) is 1.07. The van der Waals surface area contributed by atoms with E-state index in [1.54, 1.807) is 7.05 Å². The molecular weight excluding hydrogens is 434 g/mol. The first kappa shape index (κ1) is 22.0. The number of rotatable bonds is 7. The molecule has 2 aromatic carbocycles. The van der Waals surface area contributed by atoms with Crippen molar-refractivity contribution in [3.05, 3.63) is 75.4 Å². The number of para-hydroxylation sites is 1.